The smallest absolute Gasteiger partial charge is 0.323 e. The fraction of sp³-hybridized carbons (Fsp3) is 0.389. The average molecular weight is 313 g/mol. The summed E-state index contributed by atoms with van der Waals surface area (Å²) in [6.45, 7) is 5.17. The molecule has 5 heteroatoms. The van der Waals surface area contributed by atoms with Crippen LogP contribution in [-0.2, 0) is 22.6 Å². The van der Waals surface area contributed by atoms with E-state index in [1.54, 1.807) is 12.4 Å². The summed E-state index contributed by atoms with van der Waals surface area (Å²) in [6, 6.07) is 11.2. The second-order valence-electron chi connectivity index (χ2n) is 5.76. The molecule has 0 amide bonds. The van der Waals surface area contributed by atoms with Gasteiger partial charge in [-0.15, -0.1) is 0 Å². The lowest BCUT2D eigenvalue weighted by atomic mass is 10.0. The summed E-state index contributed by atoms with van der Waals surface area (Å²) < 4.78 is 5.01. The van der Waals surface area contributed by atoms with Gasteiger partial charge in [-0.2, -0.15) is 0 Å². The molecular formula is C18H23N3O2. The molecule has 2 aromatic rings. The van der Waals surface area contributed by atoms with Crippen LogP contribution in [0.25, 0.3) is 0 Å². The zero-order valence-electron chi connectivity index (χ0n) is 13.8. The average Bonchev–Trinajstić information content (AvgIpc) is 2.56. The summed E-state index contributed by atoms with van der Waals surface area (Å²) in [5.74, 6) is -0.110. The fourth-order valence-corrected chi connectivity index (χ4v) is 2.62. The van der Waals surface area contributed by atoms with Crippen molar-refractivity contribution in [3.05, 3.63) is 60.2 Å². The van der Waals surface area contributed by atoms with Gasteiger partial charge in [0.05, 0.1) is 18.5 Å². The second kappa shape index (κ2) is 8.39. The highest BCUT2D eigenvalue weighted by molar-refractivity contribution is 5.75. The monoisotopic (exact) mass is 313 g/mol. The van der Waals surface area contributed by atoms with E-state index in [1.165, 1.54) is 7.11 Å². The van der Waals surface area contributed by atoms with Gasteiger partial charge in [0.15, 0.2) is 0 Å². The van der Waals surface area contributed by atoms with Crippen molar-refractivity contribution in [2.75, 3.05) is 7.11 Å². The maximum Gasteiger partial charge on any atom is 0.323 e. The highest BCUT2D eigenvalue weighted by Gasteiger charge is 2.30. The van der Waals surface area contributed by atoms with Gasteiger partial charge in [0, 0.05) is 25.5 Å². The number of ether oxygens (including phenoxy) is 1. The Bertz CT molecular complexity index is 561. The predicted molar refractivity (Wildman–Crippen MR) is 88.4 cm³/mol. The van der Waals surface area contributed by atoms with Crippen molar-refractivity contribution < 1.29 is 9.53 Å². The van der Waals surface area contributed by atoms with E-state index < -0.39 is 0 Å². The second-order valence-corrected chi connectivity index (χ2v) is 5.76. The van der Waals surface area contributed by atoms with Gasteiger partial charge < -0.3 is 4.74 Å². The molecule has 23 heavy (non-hydrogen) atoms. The summed E-state index contributed by atoms with van der Waals surface area (Å²) in [6.07, 6.45) is 3.52. The lowest BCUT2D eigenvalue weighted by Gasteiger charge is -2.31. The first-order chi connectivity index (χ1) is 11.1. The van der Waals surface area contributed by atoms with Gasteiger partial charge >= 0.3 is 5.97 Å². The molecule has 1 atom stereocenters. The van der Waals surface area contributed by atoms with Crippen molar-refractivity contribution in [1.82, 2.24) is 14.9 Å². The minimum absolute atomic E-state index is 0.120. The van der Waals surface area contributed by atoms with Crippen LogP contribution in [0.4, 0.5) is 0 Å². The Morgan fingerprint density at radius 2 is 1.57 bits per heavy atom. The zero-order chi connectivity index (χ0) is 16.7. The molecule has 122 valence electrons. The van der Waals surface area contributed by atoms with E-state index in [2.05, 4.69) is 14.9 Å². The number of esters is 1. The Kier molecular flexibility index (Phi) is 6.23. The van der Waals surface area contributed by atoms with Gasteiger partial charge in [-0.25, -0.2) is 0 Å². The maximum atomic E-state index is 12.3. The summed E-state index contributed by atoms with van der Waals surface area (Å²) in [7, 11) is 1.43. The molecule has 0 radical (unpaired) electrons. The first-order valence-electron chi connectivity index (χ1n) is 7.73. The van der Waals surface area contributed by atoms with Crippen molar-refractivity contribution in [3.63, 3.8) is 0 Å². The number of carbonyl (C=O) groups is 1. The van der Waals surface area contributed by atoms with Crippen molar-refractivity contribution in [3.8, 4) is 0 Å². The summed E-state index contributed by atoms with van der Waals surface area (Å²) in [5, 5.41) is 0. The molecule has 0 fully saturated rings. The molecule has 0 aliphatic heterocycles. The number of rotatable bonds is 7. The van der Waals surface area contributed by atoms with Crippen LogP contribution in [0.5, 0.6) is 0 Å². The van der Waals surface area contributed by atoms with Crippen LogP contribution in [0.2, 0.25) is 0 Å². The number of aromatic nitrogens is 2. The van der Waals surface area contributed by atoms with Gasteiger partial charge in [-0.05, 0) is 30.2 Å². The van der Waals surface area contributed by atoms with E-state index in [0.717, 1.165) is 11.4 Å². The molecule has 0 N–H and O–H groups in total. The third-order valence-corrected chi connectivity index (χ3v) is 3.65. The number of nitrogens with zero attached hydrogens (tertiary/aromatic N) is 3. The Morgan fingerprint density at radius 3 is 1.91 bits per heavy atom. The molecule has 0 spiro atoms. The Hall–Kier alpha value is -2.27. The number of methoxy groups -OCH3 is 1. The first-order valence-corrected chi connectivity index (χ1v) is 7.73. The van der Waals surface area contributed by atoms with Crippen LogP contribution < -0.4 is 0 Å². The SMILES string of the molecule is COC(=O)[C@@H](C(C)C)N(Cc1ccccn1)Cc1ccccn1. The Morgan fingerprint density at radius 1 is 1.04 bits per heavy atom. The van der Waals surface area contributed by atoms with Crippen LogP contribution in [0.3, 0.4) is 0 Å². The topological polar surface area (TPSA) is 55.3 Å². The normalized spacial score (nSPS) is 12.4. The molecule has 0 unspecified atom stereocenters. The lowest BCUT2D eigenvalue weighted by Crippen LogP contribution is -2.44. The Balaban J connectivity index is 2.27. The van der Waals surface area contributed by atoms with E-state index >= 15 is 0 Å². The molecule has 0 saturated heterocycles. The number of pyridine rings is 2. The summed E-state index contributed by atoms with van der Waals surface area (Å²) >= 11 is 0. The number of hydrogen-bond donors (Lipinski definition) is 0. The van der Waals surface area contributed by atoms with Crippen LogP contribution >= 0.6 is 0 Å². The van der Waals surface area contributed by atoms with E-state index in [-0.39, 0.29) is 17.9 Å². The third kappa shape index (κ3) is 4.86. The van der Waals surface area contributed by atoms with Crippen molar-refractivity contribution in [2.24, 2.45) is 5.92 Å². The highest BCUT2D eigenvalue weighted by Crippen LogP contribution is 2.18. The fourth-order valence-electron chi connectivity index (χ4n) is 2.62. The van der Waals surface area contributed by atoms with Gasteiger partial charge in [0.2, 0.25) is 0 Å². The molecule has 0 aromatic carbocycles. The maximum absolute atomic E-state index is 12.3. The molecule has 0 aliphatic carbocycles. The molecule has 0 bridgehead atoms. The van der Waals surface area contributed by atoms with Crippen molar-refractivity contribution >= 4 is 5.97 Å². The molecule has 2 heterocycles. The lowest BCUT2D eigenvalue weighted by molar-refractivity contribution is -0.149. The number of hydrogen-bond acceptors (Lipinski definition) is 5. The van der Waals surface area contributed by atoms with E-state index in [4.69, 9.17) is 4.74 Å². The van der Waals surface area contributed by atoms with Crippen LogP contribution in [0.15, 0.2) is 48.8 Å². The van der Waals surface area contributed by atoms with Crippen LogP contribution in [0, 0.1) is 5.92 Å². The van der Waals surface area contributed by atoms with Gasteiger partial charge in [0.1, 0.15) is 6.04 Å². The van der Waals surface area contributed by atoms with Gasteiger partial charge in [-0.1, -0.05) is 26.0 Å². The minimum Gasteiger partial charge on any atom is -0.468 e. The van der Waals surface area contributed by atoms with Gasteiger partial charge in [-0.3, -0.25) is 19.7 Å². The molecule has 2 rings (SSSR count). The van der Waals surface area contributed by atoms with E-state index in [0.29, 0.717) is 13.1 Å². The molecule has 5 nitrogen and oxygen atoms in total. The predicted octanol–water partition coefficient (Wildman–Crippen LogP) is 2.68. The first kappa shape index (κ1) is 17.1. The third-order valence-electron chi connectivity index (χ3n) is 3.65. The molecule has 0 saturated carbocycles. The summed E-state index contributed by atoms with van der Waals surface area (Å²) in [5.41, 5.74) is 1.83. The van der Waals surface area contributed by atoms with Gasteiger partial charge in [0.25, 0.3) is 0 Å². The van der Waals surface area contributed by atoms with Crippen LogP contribution in [0.1, 0.15) is 25.2 Å². The van der Waals surface area contributed by atoms with E-state index in [1.807, 2.05) is 50.2 Å². The zero-order valence-corrected chi connectivity index (χ0v) is 13.8. The Labute approximate surface area is 137 Å². The van der Waals surface area contributed by atoms with Crippen molar-refractivity contribution in [2.45, 2.75) is 33.0 Å². The van der Waals surface area contributed by atoms with Crippen LogP contribution in [-0.4, -0.2) is 34.0 Å². The minimum atomic E-state index is -0.344. The molecular weight excluding hydrogens is 290 g/mol. The molecule has 2 aromatic heterocycles. The standard InChI is InChI=1S/C18H23N3O2/c1-14(2)17(18(22)23-3)21(12-15-8-4-6-10-19-15)13-16-9-5-7-11-20-16/h4-11,14,17H,12-13H2,1-3H3/t17-/m1/s1. The molecule has 0 aliphatic rings. The largest absolute Gasteiger partial charge is 0.468 e. The number of carbonyl (C=O) groups excluding carboxylic acids is 1. The van der Waals surface area contributed by atoms with E-state index in [9.17, 15) is 4.79 Å². The highest BCUT2D eigenvalue weighted by atomic mass is 16.5. The quantitative estimate of drug-likeness (QED) is 0.736. The van der Waals surface area contributed by atoms with Crippen molar-refractivity contribution in [1.29, 1.82) is 0 Å². The summed E-state index contributed by atoms with van der Waals surface area (Å²) in [4.78, 5) is 23.1.